The maximum Gasteiger partial charge on any atom is 0.237 e. The first-order chi connectivity index (χ1) is 10.3. The number of fused-ring (bicyclic) bond motifs is 1. The molecule has 1 fully saturated rings. The number of rotatable bonds is 3. The number of amides is 1. The number of hydrogen-bond acceptors (Lipinski definition) is 3. The molecule has 0 atom stereocenters. The molecule has 0 saturated carbocycles. The van der Waals surface area contributed by atoms with Gasteiger partial charge in [0.15, 0.2) is 0 Å². The number of hydrogen-bond donors (Lipinski definition) is 0. The van der Waals surface area contributed by atoms with Gasteiger partial charge in [-0.15, -0.1) is 0 Å². The van der Waals surface area contributed by atoms with Crippen LogP contribution >= 0.6 is 0 Å². The minimum absolute atomic E-state index is 0.287. The molecule has 0 bridgehead atoms. The molecule has 21 heavy (non-hydrogen) atoms. The molecule has 2 aliphatic rings. The van der Waals surface area contributed by atoms with Crippen LogP contribution in [0.15, 0.2) is 24.3 Å². The van der Waals surface area contributed by atoms with Crippen molar-refractivity contribution in [2.45, 2.75) is 19.9 Å². The molecule has 2 heterocycles. The van der Waals surface area contributed by atoms with Gasteiger partial charge < -0.3 is 9.80 Å². The Balaban J connectivity index is 1.53. The lowest BCUT2D eigenvalue weighted by atomic mass is 10.00. The summed E-state index contributed by atoms with van der Waals surface area (Å²) in [5.74, 6) is 0.287. The van der Waals surface area contributed by atoms with Crippen molar-refractivity contribution in [1.82, 2.24) is 14.7 Å². The molecule has 0 radical (unpaired) electrons. The summed E-state index contributed by atoms with van der Waals surface area (Å²) in [4.78, 5) is 19.3. The highest BCUT2D eigenvalue weighted by molar-refractivity contribution is 5.78. The molecular formula is C17H25N3O. The van der Waals surface area contributed by atoms with Gasteiger partial charge in [0.2, 0.25) is 5.91 Å². The van der Waals surface area contributed by atoms with E-state index < -0.39 is 0 Å². The maximum atomic E-state index is 12.5. The Labute approximate surface area is 127 Å². The van der Waals surface area contributed by atoms with E-state index >= 15 is 0 Å². The van der Waals surface area contributed by atoms with Gasteiger partial charge in [0.05, 0.1) is 6.54 Å². The Morgan fingerprint density at radius 2 is 1.67 bits per heavy atom. The van der Waals surface area contributed by atoms with Crippen molar-refractivity contribution >= 4 is 5.91 Å². The third kappa shape index (κ3) is 3.44. The Bertz CT molecular complexity index is 495. The highest BCUT2D eigenvalue weighted by Gasteiger charge is 2.23. The van der Waals surface area contributed by atoms with E-state index in [4.69, 9.17) is 0 Å². The quantitative estimate of drug-likeness (QED) is 0.836. The largest absolute Gasteiger partial charge is 0.337 e. The minimum atomic E-state index is 0.287. The monoisotopic (exact) mass is 287 g/mol. The lowest BCUT2D eigenvalue weighted by Gasteiger charge is -2.35. The van der Waals surface area contributed by atoms with Gasteiger partial charge in [0, 0.05) is 39.3 Å². The summed E-state index contributed by atoms with van der Waals surface area (Å²) in [7, 11) is 0. The van der Waals surface area contributed by atoms with Crippen LogP contribution in [-0.2, 0) is 17.8 Å². The molecule has 1 saturated heterocycles. The van der Waals surface area contributed by atoms with Crippen LogP contribution in [0.1, 0.15) is 18.1 Å². The fourth-order valence-electron chi connectivity index (χ4n) is 3.26. The third-order valence-electron chi connectivity index (χ3n) is 4.75. The molecular weight excluding hydrogens is 262 g/mol. The highest BCUT2D eigenvalue weighted by Crippen LogP contribution is 2.18. The van der Waals surface area contributed by atoms with E-state index in [9.17, 15) is 4.79 Å². The molecule has 0 aliphatic carbocycles. The van der Waals surface area contributed by atoms with E-state index in [1.165, 1.54) is 11.1 Å². The van der Waals surface area contributed by atoms with Crippen LogP contribution in [0.3, 0.4) is 0 Å². The molecule has 4 heteroatoms. The molecule has 2 aliphatic heterocycles. The standard InChI is InChI=1S/C17H25N3O/c1-2-18-9-11-19(12-10-18)14-17(21)20-8-7-15-5-3-4-6-16(15)13-20/h3-6H,2,7-14H2,1H3. The number of nitrogens with zero attached hydrogens (tertiary/aromatic N) is 3. The summed E-state index contributed by atoms with van der Waals surface area (Å²) >= 11 is 0. The zero-order valence-corrected chi connectivity index (χ0v) is 12.9. The van der Waals surface area contributed by atoms with Gasteiger partial charge in [-0.1, -0.05) is 31.2 Å². The van der Waals surface area contributed by atoms with Crippen LogP contribution < -0.4 is 0 Å². The minimum Gasteiger partial charge on any atom is -0.337 e. The van der Waals surface area contributed by atoms with Gasteiger partial charge in [0.25, 0.3) is 0 Å². The molecule has 3 rings (SSSR count). The van der Waals surface area contributed by atoms with E-state index in [2.05, 4.69) is 41.0 Å². The van der Waals surface area contributed by atoms with Gasteiger partial charge >= 0.3 is 0 Å². The van der Waals surface area contributed by atoms with Crippen molar-refractivity contribution in [3.05, 3.63) is 35.4 Å². The molecule has 114 valence electrons. The van der Waals surface area contributed by atoms with Crippen molar-refractivity contribution in [2.24, 2.45) is 0 Å². The molecule has 0 N–H and O–H groups in total. The van der Waals surface area contributed by atoms with E-state index in [1.807, 2.05) is 4.90 Å². The molecule has 0 spiro atoms. The van der Waals surface area contributed by atoms with Gasteiger partial charge in [-0.3, -0.25) is 9.69 Å². The van der Waals surface area contributed by atoms with Crippen molar-refractivity contribution < 1.29 is 4.79 Å². The van der Waals surface area contributed by atoms with Crippen LogP contribution in [0.5, 0.6) is 0 Å². The fraction of sp³-hybridized carbons (Fsp3) is 0.588. The first-order valence-electron chi connectivity index (χ1n) is 8.05. The van der Waals surface area contributed by atoms with Crippen LogP contribution in [0.2, 0.25) is 0 Å². The van der Waals surface area contributed by atoms with E-state index in [-0.39, 0.29) is 5.91 Å². The normalized spacial score (nSPS) is 20.3. The summed E-state index contributed by atoms with van der Waals surface area (Å²) < 4.78 is 0. The maximum absolute atomic E-state index is 12.5. The van der Waals surface area contributed by atoms with Crippen molar-refractivity contribution in [3.63, 3.8) is 0 Å². The average Bonchev–Trinajstić information content (AvgIpc) is 2.55. The van der Waals surface area contributed by atoms with Crippen LogP contribution in [0, 0.1) is 0 Å². The number of likely N-dealkylation sites (N-methyl/N-ethyl adjacent to an activating group) is 1. The Hall–Kier alpha value is -1.39. The predicted molar refractivity (Wildman–Crippen MR) is 84.1 cm³/mol. The Morgan fingerprint density at radius 3 is 2.38 bits per heavy atom. The van der Waals surface area contributed by atoms with Crippen LogP contribution in [0.25, 0.3) is 0 Å². The SMILES string of the molecule is CCN1CCN(CC(=O)N2CCc3ccccc3C2)CC1. The first-order valence-corrected chi connectivity index (χ1v) is 8.05. The van der Waals surface area contributed by atoms with Crippen molar-refractivity contribution in [3.8, 4) is 0 Å². The van der Waals surface area contributed by atoms with Crippen LogP contribution in [0.4, 0.5) is 0 Å². The molecule has 4 nitrogen and oxygen atoms in total. The van der Waals surface area contributed by atoms with Crippen LogP contribution in [-0.4, -0.2) is 66.4 Å². The zero-order chi connectivity index (χ0) is 14.7. The van der Waals surface area contributed by atoms with E-state index in [0.29, 0.717) is 6.54 Å². The lowest BCUT2D eigenvalue weighted by Crippen LogP contribution is -2.50. The second-order valence-corrected chi connectivity index (χ2v) is 6.04. The molecule has 1 aromatic carbocycles. The van der Waals surface area contributed by atoms with E-state index in [1.54, 1.807) is 0 Å². The van der Waals surface area contributed by atoms with Gasteiger partial charge in [0.1, 0.15) is 0 Å². The summed E-state index contributed by atoms with van der Waals surface area (Å²) in [5.41, 5.74) is 2.71. The average molecular weight is 287 g/mol. The lowest BCUT2D eigenvalue weighted by molar-refractivity contribution is -0.133. The Kier molecular flexibility index (Phi) is 4.56. The van der Waals surface area contributed by atoms with Gasteiger partial charge in [-0.2, -0.15) is 0 Å². The molecule has 0 aromatic heterocycles. The van der Waals surface area contributed by atoms with Gasteiger partial charge in [-0.25, -0.2) is 0 Å². The summed E-state index contributed by atoms with van der Waals surface area (Å²) in [6.45, 7) is 9.76. The van der Waals surface area contributed by atoms with Crippen molar-refractivity contribution in [2.75, 3.05) is 45.8 Å². The molecule has 0 unspecified atom stereocenters. The summed E-state index contributed by atoms with van der Waals surface area (Å²) in [5, 5.41) is 0. The third-order valence-corrected chi connectivity index (χ3v) is 4.75. The number of piperazine rings is 1. The molecule has 1 aromatic rings. The van der Waals surface area contributed by atoms with Crippen molar-refractivity contribution in [1.29, 1.82) is 0 Å². The second-order valence-electron chi connectivity index (χ2n) is 6.04. The fourth-order valence-corrected chi connectivity index (χ4v) is 3.26. The highest BCUT2D eigenvalue weighted by atomic mass is 16.2. The molecule has 1 amide bonds. The zero-order valence-electron chi connectivity index (χ0n) is 12.9. The smallest absolute Gasteiger partial charge is 0.237 e. The number of benzene rings is 1. The first kappa shape index (κ1) is 14.5. The topological polar surface area (TPSA) is 26.8 Å². The predicted octanol–water partition coefficient (Wildman–Crippen LogP) is 1.21. The summed E-state index contributed by atoms with van der Waals surface area (Å²) in [6.07, 6.45) is 0.992. The van der Waals surface area contributed by atoms with Gasteiger partial charge in [-0.05, 0) is 24.1 Å². The summed E-state index contributed by atoms with van der Waals surface area (Å²) in [6, 6.07) is 8.48. The van der Waals surface area contributed by atoms with E-state index in [0.717, 1.165) is 52.2 Å². The number of carbonyl (C=O) groups is 1. The number of carbonyl (C=O) groups excluding carboxylic acids is 1. The second kappa shape index (κ2) is 6.58. The Morgan fingerprint density at radius 1 is 1.00 bits per heavy atom.